The largest absolute Gasteiger partial charge is 0.204 e. The van der Waals surface area contributed by atoms with Crippen LogP contribution in [0.1, 0.15) is 15.8 Å². The Morgan fingerprint density at radius 2 is 1.88 bits per heavy atom. The molecule has 0 nitrogen and oxygen atoms in total. The molecule has 0 bridgehead atoms. The van der Waals surface area contributed by atoms with Gasteiger partial charge in [0.2, 0.25) is 0 Å². The molecule has 0 aliphatic carbocycles. The van der Waals surface area contributed by atoms with Gasteiger partial charge in [-0.25, -0.2) is 13.2 Å². The molecular formula is C12H8ClF3S. The Bertz CT molecular complexity index is 511. The minimum absolute atomic E-state index is 0.0148. The van der Waals surface area contributed by atoms with E-state index in [1.807, 2.05) is 17.5 Å². The van der Waals surface area contributed by atoms with E-state index in [2.05, 4.69) is 0 Å². The van der Waals surface area contributed by atoms with Gasteiger partial charge in [-0.05, 0) is 17.5 Å². The van der Waals surface area contributed by atoms with Crippen molar-refractivity contribution in [3.63, 3.8) is 0 Å². The van der Waals surface area contributed by atoms with Crippen LogP contribution in [0.5, 0.6) is 0 Å². The monoisotopic (exact) mass is 276 g/mol. The van der Waals surface area contributed by atoms with E-state index in [0.29, 0.717) is 6.42 Å². The van der Waals surface area contributed by atoms with Gasteiger partial charge in [-0.1, -0.05) is 12.1 Å². The van der Waals surface area contributed by atoms with E-state index in [0.717, 1.165) is 10.9 Å². The van der Waals surface area contributed by atoms with E-state index < -0.39 is 22.8 Å². The lowest BCUT2D eigenvalue weighted by Gasteiger charge is -2.10. The molecule has 90 valence electrons. The van der Waals surface area contributed by atoms with Gasteiger partial charge in [0.05, 0.1) is 5.38 Å². The van der Waals surface area contributed by atoms with E-state index in [9.17, 15) is 13.2 Å². The van der Waals surface area contributed by atoms with Gasteiger partial charge in [0, 0.05) is 16.9 Å². The molecule has 0 radical (unpaired) electrons. The van der Waals surface area contributed by atoms with Crippen LogP contribution in [0.4, 0.5) is 13.2 Å². The molecule has 1 aromatic heterocycles. The average molecular weight is 277 g/mol. The van der Waals surface area contributed by atoms with Crippen LogP contribution in [0.25, 0.3) is 0 Å². The van der Waals surface area contributed by atoms with Crippen molar-refractivity contribution < 1.29 is 13.2 Å². The summed E-state index contributed by atoms with van der Waals surface area (Å²) in [6, 6.07) is 5.78. The van der Waals surface area contributed by atoms with Gasteiger partial charge in [0.25, 0.3) is 0 Å². The number of halogens is 4. The van der Waals surface area contributed by atoms with Crippen molar-refractivity contribution >= 4 is 22.9 Å². The van der Waals surface area contributed by atoms with Gasteiger partial charge in [-0.2, -0.15) is 0 Å². The normalized spacial score (nSPS) is 12.7. The molecule has 1 aromatic carbocycles. The molecule has 0 saturated heterocycles. The summed E-state index contributed by atoms with van der Waals surface area (Å²) in [5.41, 5.74) is -0.0148. The van der Waals surface area contributed by atoms with Gasteiger partial charge in [-0.15, -0.1) is 22.9 Å². The fourth-order valence-electron chi connectivity index (χ4n) is 1.50. The summed E-state index contributed by atoms with van der Waals surface area (Å²) in [7, 11) is 0. The zero-order chi connectivity index (χ0) is 12.4. The number of thiophene rings is 1. The average Bonchev–Trinajstić information content (AvgIpc) is 2.78. The lowest BCUT2D eigenvalue weighted by molar-refractivity contribution is 0.440. The maximum atomic E-state index is 13.4. The van der Waals surface area contributed by atoms with Crippen LogP contribution in [0.2, 0.25) is 0 Å². The van der Waals surface area contributed by atoms with Gasteiger partial charge in [0.1, 0.15) is 0 Å². The Morgan fingerprint density at radius 1 is 1.12 bits per heavy atom. The highest BCUT2D eigenvalue weighted by Crippen LogP contribution is 2.30. The summed E-state index contributed by atoms with van der Waals surface area (Å²) < 4.78 is 39.2. The Balaban J connectivity index is 2.25. The topological polar surface area (TPSA) is 0 Å². The standard InChI is InChI=1S/C12H8ClF3S/c13-9(6-7-2-1-5-17-7)8-3-4-10(14)12(16)11(8)15/h1-5,9H,6H2. The molecule has 2 aromatic rings. The SMILES string of the molecule is Fc1ccc(C(Cl)Cc2cccs2)c(F)c1F. The van der Waals surface area contributed by atoms with Crippen LogP contribution in [0.3, 0.4) is 0 Å². The molecule has 1 heterocycles. The Labute approximate surface area is 106 Å². The first-order valence-electron chi connectivity index (χ1n) is 4.89. The molecule has 0 N–H and O–H groups in total. The maximum absolute atomic E-state index is 13.4. The van der Waals surface area contributed by atoms with Crippen molar-refractivity contribution in [2.45, 2.75) is 11.8 Å². The number of hydrogen-bond acceptors (Lipinski definition) is 1. The molecule has 0 aliphatic rings. The van der Waals surface area contributed by atoms with E-state index in [1.165, 1.54) is 17.4 Å². The molecule has 5 heteroatoms. The Morgan fingerprint density at radius 3 is 2.53 bits per heavy atom. The number of rotatable bonds is 3. The van der Waals surface area contributed by atoms with Crippen molar-refractivity contribution in [2.24, 2.45) is 0 Å². The Kier molecular flexibility index (Phi) is 3.74. The molecule has 2 rings (SSSR count). The van der Waals surface area contributed by atoms with E-state index in [4.69, 9.17) is 11.6 Å². The zero-order valence-electron chi connectivity index (χ0n) is 8.59. The highest BCUT2D eigenvalue weighted by molar-refractivity contribution is 7.09. The summed E-state index contributed by atoms with van der Waals surface area (Å²) >= 11 is 7.49. The van der Waals surface area contributed by atoms with E-state index >= 15 is 0 Å². The van der Waals surface area contributed by atoms with Gasteiger partial charge < -0.3 is 0 Å². The molecule has 1 atom stereocenters. The quantitative estimate of drug-likeness (QED) is 0.564. The third kappa shape index (κ3) is 2.64. The predicted molar refractivity (Wildman–Crippen MR) is 62.9 cm³/mol. The van der Waals surface area contributed by atoms with Crippen LogP contribution in [-0.2, 0) is 6.42 Å². The molecule has 0 fully saturated rings. The predicted octanol–water partition coefficient (Wildman–Crippen LogP) is 4.69. The second-order valence-electron chi connectivity index (χ2n) is 3.52. The molecule has 17 heavy (non-hydrogen) atoms. The van der Waals surface area contributed by atoms with Crippen molar-refractivity contribution in [3.05, 3.63) is 57.5 Å². The summed E-state index contributed by atoms with van der Waals surface area (Å²) in [4.78, 5) is 0.967. The highest BCUT2D eigenvalue weighted by atomic mass is 35.5. The summed E-state index contributed by atoms with van der Waals surface area (Å²) in [5.74, 6) is -3.88. The first kappa shape index (κ1) is 12.5. The van der Waals surface area contributed by atoms with E-state index in [-0.39, 0.29) is 5.56 Å². The number of benzene rings is 1. The van der Waals surface area contributed by atoms with Crippen LogP contribution in [0.15, 0.2) is 29.6 Å². The fraction of sp³-hybridized carbons (Fsp3) is 0.167. The minimum atomic E-state index is -1.47. The maximum Gasteiger partial charge on any atom is 0.194 e. The van der Waals surface area contributed by atoms with E-state index in [1.54, 1.807) is 0 Å². The third-order valence-corrected chi connectivity index (χ3v) is 3.65. The van der Waals surface area contributed by atoms with Gasteiger partial charge in [-0.3, -0.25) is 0 Å². The smallest absolute Gasteiger partial charge is 0.194 e. The Hall–Kier alpha value is -1.00. The first-order valence-corrected chi connectivity index (χ1v) is 6.21. The number of hydrogen-bond donors (Lipinski definition) is 0. The van der Waals surface area contributed by atoms with Crippen LogP contribution < -0.4 is 0 Å². The molecule has 0 saturated carbocycles. The molecular weight excluding hydrogens is 269 g/mol. The summed E-state index contributed by atoms with van der Waals surface area (Å²) in [6.45, 7) is 0. The fourth-order valence-corrected chi connectivity index (χ4v) is 2.68. The van der Waals surface area contributed by atoms with Crippen LogP contribution in [0, 0.1) is 17.5 Å². The first-order chi connectivity index (χ1) is 8.09. The number of alkyl halides is 1. The lowest BCUT2D eigenvalue weighted by atomic mass is 10.1. The second-order valence-corrected chi connectivity index (χ2v) is 5.07. The highest BCUT2D eigenvalue weighted by Gasteiger charge is 2.19. The second kappa shape index (κ2) is 5.10. The summed E-state index contributed by atoms with van der Waals surface area (Å²) in [5, 5.41) is 1.17. The van der Waals surface area contributed by atoms with Crippen molar-refractivity contribution in [1.82, 2.24) is 0 Å². The molecule has 1 unspecified atom stereocenters. The van der Waals surface area contributed by atoms with Crippen LogP contribution in [-0.4, -0.2) is 0 Å². The van der Waals surface area contributed by atoms with Crippen LogP contribution >= 0.6 is 22.9 Å². The summed E-state index contributed by atoms with van der Waals surface area (Å²) in [6.07, 6.45) is 0.390. The van der Waals surface area contributed by atoms with Gasteiger partial charge in [0.15, 0.2) is 17.5 Å². The van der Waals surface area contributed by atoms with Crippen molar-refractivity contribution in [1.29, 1.82) is 0 Å². The van der Waals surface area contributed by atoms with Gasteiger partial charge >= 0.3 is 0 Å². The third-order valence-electron chi connectivity index (χ3n) is 2.36. The molecule has 0 spiro atoms. The lowest BCUT2D eigenvalue weighted by Crippen LogP contribution is -2.02. The molecule has 0 aliphatic heterocycles. The zero-order valence-corrected chi connectivity index (χ0v) is 10.2. The van der Waals surface area contributed by atoms with Crippen molar-refractivity contribution in [3.8, 4) is 0 Å². The molecule has 0 amide bonds. The minimum Gasteiger partial charge on any atom is -0.204 e. The van der Waals surface area contributed by atoms with Crippen molar-refractivity contribution in [2.75, 3.05) is 0 Å².